The highest BCUT2D eigenvalue weighted by Crippen LogP contribution is 2.35. The maximum Gasteiger partial charge on any atom is 0.256 e. The number of benzene rings is 2. The number of carbonyl (C=O) groups excluding carboxylic acids is 1. The van der Waals surface area contributed by atoms with Crippen molar-refractivity contribution < 1.29 is 23.4 Å². The lowest BCUT2D eigenvalue weighted by Crippen LogP contribution is -2.34. The summed E-state index contributed by atoms with van der Waals surface area (Å²) < 4.78 is 22.3. The van der Waals surface area contributed by atoms with E-state index in [2.05, 4.69) is 10.3 Å². The highest BCUT2D eigenvalue weighted by Gasteiger charge is 2.19. The van der Waals surface area contributed by atoms with Gasteiger partial charge in [0, 0.05) is 29.6 Å². The van der Waals surface area contributed by atoms with Crippen LogP contribution in [0.15, 0.2) is 51.9 Å². The maximum absolute atomic E-state index is 13.0. The Morgan fingerprint density at radius 1 is 1.13 bits per heavy atom. The summed E-state index contributed by atoms with van der Waals surface area (Å²) in [6, 6.07) is 12.3. The lowest BCUT2D eigenvalue weighted by Gasteiger charge is -2.11. The summed E-state index contributed by atoms with van der Waals surface area (Å²) in [4.78, 5) is 17.5. The highest BCUT2D eigenvalue weighted by molar-refractivity contribution is 6.31. The van der Waals surface area contributed by atoms with Crippen LogP contribution in [0.5, 0.6) is 11.5 Å². The Morgan fingerprint density at radius 2 is 2.03 bits per heavy atom. The molecule has 0 radical (unpaired) electrons. The van der Waals surface area contributed by atoms with Gasteiger partial charge in [0.15, 0.2) is 11.5 Å². The quantitative estimate of drug-likeness (QED) is 0.683. The van der Waals surface area contributed by atoms with Crippen molar-refractivity contribution in [3.8, 4) is 11.5 Å². The van der Waals surface area contributed by atoms with E-state index in [9.17, 15) is 4.79 Å². The molecule has 0 saturated carbocycles. The third-order valence-corrected chi connectivity index (χ3v) is 5.29. The second kappa shape index (κ2) is 8.01. The van der Waals surface area contributed by atoms with E-state index in [4.69, 9.17) is 30.2 Å². The van der Waals surface area contributed by atoms with Gasteiger partial charge in [0.1, 0.15) is 11.1 Å². The van der Waals surface area contributed by atoms with Gasteiger partial charge in [-0.1, -0.05) is 11.6 Å². The first-order chi connectivity index (χ1) is 14.7. The van der Waals surface area contributed by atoms with Crippen molar-refractivity contribution in [2.75, 3.05) is 19.9 Å². The summed E-state index contributed by atoms with van der Waals surface area (Å²) in [5.74, 6) is 0.984. The molecule has 7 nitrogen and oxygen atoms in total. The van der Waals surface area contributed by atoms with Crippen molar-refractivity contribution in [1.82, 2.24) is 5.32 Å². The molecule has 1 N–H and O–H groups in total. The fourth-order valence-corrected chi connectivity index (χ4v) is 3.71. The van der Waals surface area contributed by atoms with Crippen molar-refractivity contribution in [3.05, 3.63) is 58.6 Å². The Labute approximate surface area is 177 Å². The molecule has 5 rings (SSSR count). The Bertz CT molecular complexity index is 1180. The van der Waals surface area contributed by atoms with Crippen LogP contribution < -0.4 is 20.3 Å². The number of rotatable bonds is 4. The molecule has 1 atom stereocenters. The highest BCUT2D eigenvalue weighted by atomic mass is 35.5. The number of halogens is 1. The van der Waals surface area contributed by atoms with E-state index in [0.29, 0.717) is 39.9 Å². The van der Waals surface area contributed by atoms with Crippen molar-refractivity contribution in [2.24, 2.45) is 4.99 Å². The average molecular weight is 427 g/mol. The molecule has 2 aliphatic rings. The molecule has 30 heavy (non-hydrogen) atoms. The molecule has 0 aliphatic carbocycles. The predicted molar refractivity (Wildman–Crippen MR) is 110 cm³/mol. The van der Waals surface area contributed by atoms with Gasteiger partial charge in [-0.15, -0.1) is 0 Å². The van der Waals surface area contributed by atoms with Gasteiger partial charge in [-0.2, -0.15) is 0 Å². The molecule has 1 aromatic heterocycles. The zero-order valence-corrected chi connectivity index (χ0v) is 16.8. The Kier molecular flexibility index (Phi) is 5.06. The molecule has 1 amide bonds. The normalized spacial score (nSPS) is 18.2. The van der Waals surface area contributed by atoms with Gasteiger partial charge in [-0.3, -0.25) is 4.79 Å². The third kappa shape index (κ3) is 3.86. The van der Waals surface area contributed by atoms with Gasteiger partial charge in [-0.25, -0.2) is 4.99 Å². The first-order valence-electron chi connectivity index (χ1n) is 9.73. The van der Waals surface area contributed by atoms with Crippen LogP contribution in [0, 0.1) is 0 Å². The van der Waals surface area contributed by atoms with Crippen LogP contribution in [0.25, 0.3) is 11.0 Å². The monoisotopic (exact) mass is 426 g/mol. The summed E-state index contributed by atoms with van der Waals surface area (Å²) in [5.41, 5.74) is 1.69. The fraction of sp³-hybridized carbons (Fsp3) is 0.273. The maximum atomic E-state index is 13.0. The Morgan fingerprint density at radius 3 is 2.90 bits per heavy atom. The van der Waals surface area contributed by atoms with Crippen LogP contribution in [-0.2, 0) is 4.74 Å². The first-order valence-corrected chi connectivity index (χ1v) is 10.1. The molecule has 3 aromatic rings. The van der Waals surface area contributed by atoms with Crippen LogP contribution in [-0.4, -0.2) is 32.0 Å². The van der Waals surface area contributed by atoms with E-state index in [-0.39, 0.29) is 24.4 Å². The fourth-order valence-electron chi connectivity index (χ4n) is 3.53. The molecule has 1 saturated heterocycles. The van der Waals surface area contributed by atoms with Crippen LogP contribution in [0.1, 0.15) is 23.2 Å². The smallest absolute Gasteiger partial charge is 0.256 e. The minimum Gasteiger partial charge on any atom is -0.454 e. The number of hydrogen-bond acceptors (Lipinski definition) is 6. The number of amides is 1. The molecule has 1 fully saturated rings. The van der Waals surface area contributed by atoms with E-state index in [1.807, 2.05) is 0 Å². The predicted octanol–water partition coefficient (Wildman–Crippen LogP) is 3.96. The molecular weight excluding hydrogens is 408 g/mol. The topological polar surface area (TPSA) is 82.3 Å². The van der Waals surface area contributed by atoms with E-state index in [1.165, 1.54) is 0 Å². The molecule has 3 heterocycles. The van der Waals surface area contributed by atoms with Gasteiger partial charge in [0.2, 0.25) is 12.3 Å². The summed E-state index contributed by atoms with van der Waals surface area (Å²) in [6.45, 7) is 1.35. The van der Waals surface area contributed by atoms with Gasteiger partial charge in [0.05, 0.1) is 11.8 Å². The van der Waals surface area contributed by atoms with Gasteiger partial charge in [-0.05, 0) is 49.2 Å². The number of fused-ring (bicyclic) bond motifs is 2. The van der Waals surface area contributed by atoms with E-state index in [1.54, 1.807) is 42.5 Å². The summed E-state index contributed by atoms with van der Waals surface area (Å²) in [6.07, 6.45) is 1.98. The molecule has 0 spiro atoms. The zero-order chi connectivity index (χ0) is 20.5. The van der Waals surface area contributed by atoms with Crippen LogP contribution in [0.2, 0.25) is 5.02 Å². The number of nitrogens with zero attached hydrogens (tertiary/aromatic N) is 1. The molecule has 0 bridgehead atoms. The number of carbonyl (C=O) groups is 1. The summed E-state index contributed by atoms with van der Waals surface area (Å²) in [7, 11) is 0. The molecule has 2 aliphatic heterocycles. The van der Waals surface area contributed by atoms with Gasteiger partial charge in [0.25, 0.3) is 5.91 Å². The molecule has 154 valence electrons. The largest absolute Gasteiger partial charge is 0.454 e. The Balaban J connectivity index is 1.55. The van der Waals surface area contributed by atoms with Crippen molar-refractivity contribution in [2.45, 2.75) is 18.9 Å². The van der Waals surface area contributed by atoms with E-state index >= 15 is 0 Å². The summed E-state index contributed by atoms with van der Waals surface area (Å²) >= 11 is 6.11. The molecule has 8 heteroatoms. The van der Waals surface area contributed by atoms with Crippen molar-refractivity contribution in [1.29, 1.82) is 0 Å². The summed E-state index contributed by atoms with van der Waals surface area (Å²) in [5, 5.41) is 4.20. The third-order valence-electron chi connectivity index (χ3n) is 5.05. The lowest BCUT2D eigenvalue weighted by atomic mass is 10.1. The SMILES string of the molecule is O=C(NC[C@H]1CCCO1)c1cc2cc(Cl)ccc2oc1=Nc1ccc2c(c1)OCO2. The second-order valence-electron chi connectivity index (χ2n) is 7.14. The standard InChI is InChI=1S/C22H19ClN2O5/c23-14-3-5-18-13(8-14)9-17(21(26)24-11-16-2-1-7-27-16)22(30-18)25-15-4-6-19-20(10-15)29-12-28-19/h3-6,8-10,16H,1-2,7,11-12H2,(H,24,26)/t16-/m1/s1. The minimum absolute atomic E-state index is 0.0371. The molecule has 2 aromatic carbocycles. The zero-order valence-electron chi connectivity index (χ0n) is 16.0. The van der Waals surface area contributed by atoms with Gasteiger partial charge >= 0.3 is 0 Å². The minimum atomic E-state index is -0.282. The molecular formula is C22H19ClN2O5. The average Bonchev–Trinajstić information content (AvgIpc) is 3.43. The van der Waals surface area contributed by atoms with Crippen molar-refractivity contribution >= 4 is 34.2 Å². The number of ether oxygens (including phenoxy) is 3. The molecule has 0 unspecified atom stereocenters. The number of nitrogens with one attached hydrogen (secondary N) is 1. The van der Waals surface area contributed by atoms with Crippen LogP contribution in [0.3, 0.4) is 0 Å². The number of hydrogen-bond donors (Lipinski definition) is 1. The van der Waals surface area contributed by atoms with Crippen molar-refractivity contribution in [3.63, 3.8) is 0 Å². The lowest BCUT2D eigenvalue weighted by molar-refractivity contribution is 0.0854. The second-order valence-corrected chi connectivity index (χ2v) is 7.58. The van der Waals surface area contributed by atoms with Crippen LogP contribution >= 0.6 is 11.6 Å². The van der Waals surface area contributed by atoms with E-state index < -0.39 is 0 Å². The Hall–Kier alpha value is -3.03. The van der Waals surface area contributed by atoms with E-state index in [0.717, 1.165) is 24.8 Å². The van der Waals surface area contributed by atoms with Crippen LogP contribution in [0.4, 0.5) is 5.69 Å². The first kappa shape index (κ1) is 19.0. The van der Waals surface area contributed by atoms with Gasteiger partial charge < -0.3 is 23.9 Å².